The van der Waals surface area contributed by atoms with Crippen LogP contribution in [0.1, 0.15) is 40.5 Å². The Morgan fingerprint density at radius 2 is 2.07 bits per heavy atom. The molecular weight excluding hydrogens is 382 g/mol. The molecular formula is C19H29N3O5S. The lowest BCUT2D eigenvalue weighted by atomic mass is 9.45. The second kappa shape index (κ2) is 7.17. The number of aromatic nitrogens is 2. The number of hydrogen-bond donors (Lipinski definition) is 1. The van der Waals surface area contributed by atoms with Gasteiger partial charge in [-0.15, -0.1) is 0 Å². The molecule has 0 spiro atoms. The van der Waals surface area contributed by atoms with E-state index in [1.165, 1.54) is 12.6 Å². The highest BCUT2D eigenvalue weighted by atomic mass is 32.2. The van der Waals surface area contributed by atoms with Gasteiger partial charge >= 0.3 is 5.97 Å². The predicted octanol–water partition coefficient (Wildman–Crippen LogP) is 1.69. The molecule has 0 saturated heterocycles. The van der Waals surface area contributed by atoms with Crippen molar-refractivity contribution in [3.63, 3.8) is 0 Å². The summed E-state index contributed by atoms with van der Waals surface area (Å²) in [6.07, 6.45) is 4.45. The number of nitrogens with zero attached hydrogens (tertiary/aromatic N) is 2. The Bertz CT molecular complexity index is 937. The van der Waals surface area contributed by atoms with Gasteiger partial charge in [0.15, 0.2) is 14.7 Å². The Labute approximate surface area is 165 Å². The van der Waals surface area contributed by atoms with Crippen molar-refractivity contribution in [2.75, 3.05) is 18.2 Å². The van der Waals surface area contributed by atoms with E-state index in [4.69, 9.17) is 4.74 Å². The minimum atomic E-state index is -3.82. The molecule has 1 aromatic heterocycles. The molecule has 0 aromatic carbocycles. The zero-order chi connectivity index (χ0) is 20.9. The first kappa shape index (κ1) is 20.8. The summed E-state index contributed by atoms with van der Waals surface area (Å²) in [4.78, 5) is 24.1. The van der Waals surface area contributed by atoms with E-state index >= 15 is 0 Å². The van der Waals surface area contributed by atoms with Gasteiger partial charge in [-0.1, -0.05) is 20.8 Å². The van der Waals surface area contributed by atoms with Crippen molar-refractivity contribution < 1.29 is 17.9 Å². The van der Waals surface area contributed by atoms with Gasteiger partial charge in [0.05, 0.1) is 18.5 Å². The lowest BCUT2D eigenvalue weighted by Crippen LogP contribution is -2.58. The Balaban J connectivity index is 1.91. The number of fused-ring (bicyclic) bond motifs is 2. The normalized spacial score (nSPS) is 28.3. The topological polar surface area (TPSA) is 107 Å². The Morgan fingerprint density at radius 3 is 2.61 bits per heavy atom. The lowest BCUT2D eigenvalue weighted by Gasteiger charge is -2.62. The molecule has 1 aromatic rings. The smallest absolute Gasteiger partial charge is 0.327 e. The van der Waals surface area contributed by atoms with E-state index in [-0.39, 0.29) is 23.2 Å². The first-order chi connectivity index (χ1) is 13.0. The average Bonchev–Trinajstić information content (AvgIpc) is 2.57. The number of ether oxygens (including phenoxy) is 1. The Hall–Kier alpha value is -1.90. The van der Waals surface area contributed by atoms with E-state index in [1.54, 1.807) is 6.92 Å². The zero-order valence-corrected chi connectivity index (χ0v) is 17.9. The van der Waals surface area contributed by atoms with E-state index in [9.17, 15) is 18.0 Å². The van der Waals surface area contributed by atoms with Crippen LogP contribution in [0.3, 0.4) is 0 Å². The van der Waals surface area contributed by atoms with Crippen molar-refractivity contribution >= 4 is 21.5 Å². The van der Waals surface area contributed by atoms with Crippen LogP contribution >= 0.6 is 0 Å². The van der Waals surface area contributed by atoms with Crippen LogP contribution in [0, 0.1) is 23.2 Å². The standard InChI is InChI=1S/C19H29N3O5S/c1-6-27-16(23)10-22-18(24)17(28(5,25)26)15(9-20-22)21-14-8-12-7-13(11(14)2)19(12,3)4/h9,11-14,21H,6-8,10H2,1-5H3/t11-,12+,13-,14-/m1/s1. The van der Waals surface area contributed by atoms with Gasteiger partial charge in [0.1, 0.15) is 6.54 Å². The lowest BCUT2D eigenvalue weighted by molar-refractivity contribution is -0.144. The molecule has 3 aliphatic rings. The highest BCUT2D eigenvalue weighted by molar-refractivity contribution is 7.90. The van der Waals surface area contributed by atoms with Crippen LogP contribution in [-0.4, -0.2) is 43.1 Å². The third-order valence-electron chi connectivity index (χ3n) is 6.65. The second-order valence-electron chi connectivity index (χ2n) is 8.63. The van der Waals surface area contributed by atoms with Crippen LogP contribution in [0.25, 0.3) is 0 Å². The largest absolute Gasteiger partial charge is 0.465 e. The van der Waals surface area contributed by atoms with Gasteiger partial charge in [-0.3, -0.25) is 9.59 Å². The number of anilines is 1. The van der Waals surface area contributed by atoms with Gasteiger partial charge in [0, 0.05) is 12.3 Å². The molecule has 4 rings (SSSR count). The van der Waals surface area contributed by atoms with Crippen molar-refractivity contribution in [1.82, 2.24) is 9.78 Å². The Kier molecular flexibility index (Phi) is 5.33. The number of sulfone groups is 1. The van der Waals surface area contributed by atoms with Crippen LogP contribution in [-0.2, 0) is 25.9 Å². The first-order valence-electron chi connectivity index (χ1n) is 9.69. The van der Waals surface area contributed by atoms with Crippen molar-refractivity contribution in [1.29, 1.82) is 0 Å². The van der Waals surface area contributed by atoms with E-state index in [1.807, 2.05) is 0 Å². The van der Waals surface area contributed by atoms with E-state index in [2.05, 4.69) is 31.2 Å². The van der Waals surface area contributed by atoms with Crippen molar-refractivity contribution in [2.45, 2.75) is 58.0 Å². The molecule has 4 atom stereocenters. The highest BCUT2D eigenvalue weighted by Gasteiger charge is 2.56. The van der Waals surface area contributed by atoms with Gasteiger partial charge in [0.25, 0.3) is 5.56 Å². The molecule has 0 radical (unpaired) electrons. The number of carbonyl (C=O) groups is 1. The SMILES string of the molecule is CCOC(=O)Cn1ncc(N[C@@H]2C[C@@H]3C[C@H]([C@H]2C)C3(C)C)c(S(C)(=O)=O)c1=O. The molecule has 3 fully saturated rings. The van der Waals surface area contributed by atoms with Gasteiger partial charge < -0.3 is 10.1 Å². The molecule has 2 bridgehead atoms. The molecule has 0 aliphatic heterocycles. The fourth-order valence-electron chi connectivity index (χ4n) is 4.91. The number of nitrogens with one attached hydrogen (secondary N) is 1. The summed E-state index contributed by atoms with van der Waals surface area (Å²) < 4.78 is 30.3. The monoisotopic (exact) mass is 411 g/mol. The summed E-state index contributed by atoms with van der Waals surface area (Å²) in [5.74, 6) is 0.877. The average molecular weight is 412 g/mol. The number of carbonyl (C=O) groups excluding carboxylic acids is 1. The van der Waals surface area contributed by atoms with E-state index in [0.29, 0.717) is 23.2 Å². The van der Waals surface area contributed by atoms with Gasteiger partial charge in [-0.2, -0.15) is 5.10 Å². The third-order valence-corrected chi connectivity index (χ3v) is 7.79. The number of esters is 1. The summed E-state index contributed by atoms with van der Waals surface area (Å²) in [6, 6.07) is 0.0828. The van der Waals surface area contributed by atoms with E-state index < -0.39 is 27.9 Å². The number of hydrogen-bond acceptors (Lipinski definition) is 7. The van der Waals surface area contributed by atoms with Gasteiger partial charge in [-0.05, 0) is 42.9 Å². The maximum absolute atomic E-state index is 12.7. The molecule has 9 heteroatoms. The fourth-order valence-corrected chi connectivity index (χ4v) is 5.85. The van der Waals surface area contributed by atoms with Gasteiger partial charge in [-0.25, -0.2) is 13.1 Å². The quantitative estimate of drug-likeness (QED) is 0.710. The first-order valence-corrected chi connectivity index (χ1v) is 11.6. The van der Waals surface area contributed by atoms with Crippen LogP contribution < -0.4 is 10.9 Å². The van der Waals surface area contributed by atoms with Gasteiger partial charge in [0.2, 0.25) is 0 Å². The van der Waals surface area contributed by atoms with E-state index in [0.717, 1.165) is 17.4 Å². The molecule has 156 valence electrons. The molecule has 0 unspecified atom stereocenters. The van der Waals surface area contributed by atoms with Crippen molar-refractivity contribution in [3.05, 3.63) is 16.6 Å². The second-order valence-corrected chi connectivity index (χ2v) is 10.6. The molecule has 1 heterocycles. The van der Waals surface area contributed by atoms with Crippen molar-refractivity contribution in [2.24, 2.45) is 23.2 Å². The number of rotatable bonds is 6. The minimum absolute atomic E-state index is 0.0828. The molecule has 3 aliphatic carbocycles. The summed E-state index contributed by atoms with van der Waals surface area (Å²) in [5, 5.41) is 7.28. The maximum atomic E-state index is 12.7. The van der Waals surface area contributed by atoms with Crippen LogP contribution in [0.4, 0.5) is 5.69 Å². The third kappa shape index (κ3) is 3.56. The van der Waals surface area contributed by atoms with Crippen LogP contribution in [0.5, 0.6) is 0 Å². The summed E-state index contributed by atoms with van der Waals surface area (Å²) in [7, 11) is -3.82. The summed E-state index contributed by atoms with van der Waals surface area (Å²) in [6.45, 7) is 8.16. The van der Waals surface area contributed by atoms with Crippen LogP contribution in [0.15, 0.2) is 15.9 Å². The fraction of sp³-hybridized carbons (Fsp3) is 0.737. The molecule has 8 nitrogen and oxygen atoms in total. The molecule has 0 amide bonds. The summed E-state index contributed by atoms with van der Waals surface area (Å²) >= 11 is 0. The molecule has 3 saturated carbocycles. The van der Waals surface area contributed by atoms with Crippen LogP contribution in [0.2, 0.25) is 0 Å². The zero-order valence-electron chi connectivity index (χ0n) is 17.1. The maximum Gasteiger partial charge on any atom is 0.327 e. The predicted molar refractivity (Wildman–Crippen MR) is 105 cm³/mol. The highest BCUT2D eigenvalue weighted by Crippen LogP contribution is 2.61. The van der Waals surface area contributed by atoms with Crippen molar-refractivity contribution in [3.8, 4) is 0 Å². The molecule has 28 heavy (non-hydrogen) atoms. The summed E-state index contributed by atoms with van der Waals surface area (Å²) in [5.41, 5.74) is -0.295. The molecule has 1 N–H and O–H groups in total. The minimum Gasteiger partial charge on any atom is -0.465 e. The Morgan fingerprint density at radius 1 is 1.39 bits per heavy atom.